The summed E-state index contributed by atoms with van der Waals surface area (Å²) in [6.45, 7) is 10.3. The molecule has 1 saturated heterocycles. The molecule has 2 aliphatic rings. The lowest BCUT2D eigenvalue weighted by atomic mass is 9.79. The monoisotopic (exact) mass is 470 g/mol. The smallest absolute Gasteiger partial charge is 0.349 e. The van der Waals surface area contributed by atoms with Gasteiger partial charge in [0.15, 0.2) is 6.61 Å². The van der Waals surface area contributed by atoms with Crippen molar-refractivity contribution in [1.29, 1.82) is 5.26 Å². The van der Waals surface area contributed by atoms with E-state index in [-0.39, 0.29) is 17.0 Å². The zero-order valence-corrected chi connectivity index (χ0v) is 20.8. The second-order valence-corrected chi connectivity index (χ2v) is 9.39. The van der Waals surface area contributed by atoms with Gasteiger partial charge in [0.05, 0.1) is 13.2 Å². The van der Waals surface area contributed by atoms with Crippen molar-refractivity contribution in [2.45, 2.75) is 71.4 Å². The van der Waals surface area contributed by atoms with Gasteiger partial charge in [0, 0.05) is 43.1 Å². The third-order valence-electron chi connectivity index (χ3n) is 7.12. The number of hydrogen-bond acceptors (Lipinski definition) is 6. The molecular formula is C26H38N4O4. The number of carbonyl (C=O) groups excluding carboxylic acids is 2. The molecule has 1 N–H and O–H groups in total. The van der Waals surface area contributed by atoms with Crippen molar-refractivity contribution in [3.05, 3.63) is 28.6 Å². The molecule has 1 aliphatic heterocycles. The number of amides is 1. The van der Waals surface area contributed by atoms with Gasteiger partial charge in [-0.3, -0.25) is 9.69 Å². The van der Waals surface area contributed by atoms with Crippen molar-refractivity contribution in [1.82, 2.24) is 14.8 Å². The second kappa shape index (κ2) is 12.2. The third kappa shape index (κ3) is 6.28. The number of aryl methyl sites for hydroxylation is 1. The molecule has 0 spiro atoms. The van der Waals surface area contributed by atoms with Gasteiger partial charge in [-0.2, -0.15) is 5.26 Å². The van der Waals surface area contributed by atoms with Crippen molar-refractivity contribution < 1.29 is 19.1 Å². The van der Waals surface area contributed by atoms with Crippen molar-refractivity contribution in [3.63, 3.8) is 0 Å². The molecule has 2 fully saturated rings. The van der Waals surface area contributed by atoms with E-state index in [1.54, 1.807) is 6.08 Å². The molecule has 3 rings (SSSR count). The third-order valence-corrected chi connectivity index (χ3v) is 7.12. The molecule has 1 aliphatic carbocycles. The molecule has 0 unspecified atom stereocenters. The largest absolute Gasteiger partial charge is 0.451 e. The van der Waals surface area contributed by atoms with E-state index >= 15 is 0 Å². The molecule has 8 nitrogen and oxygen atoms in total. The summed E-state index contributed by atoms with van der Waals surface area (Å²) in [4.78, 5) is 27.5. The van der Waals surface area contributed by atoms with Gasteiger partial charge in [-0.05, 0) is 50.8 Å². The quantitative estimate of drug-likeness (QED) is 0.338. The standard InChI is InChI=1S/C26H38N4O4/c1-4-10-30-20(2)15-22(21(30)3)16-23(17-27)25(32)34-18-24(31)28-19-26(8-6-5-7-9-26)29-11-13-33-14-12-29/h15-16H,4-14,18-19H2,1-3H3,(H,28,31). The van der Waals surface area contributed by atoms with E-state index in [1.807, 2.05) is 26.0 Å². The van der Waals surface area contributed by atoms with E-state index in [9.17, 15) is 14.9 Å². The zero-order valence-electron chi connectivity index (χ0n) is 20.8. The molecule has 2 heterocycles. The molecule has 0 radical (unpaired) electrons. The van der Waals surface area contributed by atoms with E-state index in [0.29, 0.717) is 6.54 Å². The number of carbonyl (C=O) groups is 2. The van der Waals surface area contributed by atoms with Crippen LogP contribution in [-0.4, -0.2) is 66.3 Å². The number of nitriles is 1. The van der Waals surface area contributed by atoms with Crippen LogP contribution in [0.1, 0.15) is 62.4 Å². The number of nitrogens with one attached hydrogen (secondary N) is 1. The van der Waals surface area contributed by atoms with Gasteiger partial charge in [0.1, 0.15) is 11.6 Å². The van der Waals surface area contributed by atoms with E-state index in [4.69, 9.17) is 9.47 Å². The summed E-state index contributed by atoms with van der Waals surface area (Å²) in [6.07, 6.45) is 8.16. The molecule has 186 valence electrons. The van der Waals surface area contributed by atoms with Crippen LogP contribution in [-0.2, 0) is 25.6 Å². The highest BCUT2D eigenvalue weighted by Gasteiger charge is 2.38. The Hall–Kier alpha value is -2.63. The van der Waals surface area contributed by atoms with Crippen LogP contribution in [0.3, 0.4) is 0 Å². The van der Waals surface area contributed by atoms with Crippen LogP contribution in [0.15, 0.2) is 11.6 Å². The Morgan fingerprint density at radius 1 is 1.24 bits per heavy atom. The summed E-state index contributed by atoms with van der Waals surface area (Å²) in [7, 11) is 0. The summed E-state index contributed by atoms with van der Waals surface area (Å²) < 4.78 is 12.9. The number of hydrogen-bond donors (Lipinski definition) is 1. The van der Waals surface area contributed by atoms with Crippen LogP contribution in [0.5, 0.6) is 0 Å². The van der Waals surface area contributed by atoms with Crippen LogP contribution in [0.2, 0.25) is 0 Å². The number of aromatic nitrogens is 1. The van der Waals surface area contributed by atoms with Crippen molar-refractivity contribution in [3.8, 4) is 6.07 Å². The van der Waals surface area contributed by atoms with Crippen molar-refractivity contribution >= 4 is 18.0 Å². The topological polar surface area (TPSA) is 96.6 Å². The summed E-state index contributed by atoms with van der Waals surface area (Å²) in [6, 6.07) is 3.88. The first kappa shape index (κ1) is 26.0. The van der Waals surface area contributed by atoms with Crippen molar-refractivity contribution in [2.75, 3.05) is 39.5 Å². The van der Waals surface area contributed by atoms with Gasteiger partial charge >= 0.3 is 5.97 Å². The molecule has 0 atom stereocenters. The first-order valence-electron chi connectivity index (χ1n) is 12.5. The maximum atomic E-state index is 12.5. The minimum Gasteiger partial charge on any atom is -0.451 e. The van der Waals surface area contributed by atoms with Gasteiger partial charge in [0.2, 0.25) is 0 Å². The summed E-state index contributed by atoms with van der Waals surface area (Å²) in [5, 5.41) is 12.5. The molecule has 8 heteroatoms. The summed E-state index contributed by atoms with van der Waals surface area (Å²) in [5.41, 5.74) is 2.72. The fraction of sp³-hybridized carbons (Fsp3) is 0.654. The molecular weight excluding hydrogens is 432 g/mol. The van der Waals surface area contributed by atoms with Crippen LogP contribution < -0.4 is 5.32 Å². The van der Waals surface area contributed by atoms with E-state index in [0.717, 1.165) is 81.9 Å². The lowest BCUT2D eigenvalue weighted by Gasteiger charge is -2.48. The fourth-order valence-electron chi connectivity index (χ4n) is 5.21. The first-order valence-corrected chi connectivity index (χ1v) is 12.5. The van der Waals surface area contributed by atoms with Gasteiger partial charge in [-0.15, -0.1) is 0 Å². The minimum absolute atomic E-state index is 0.0551. The van der Waals surface area contributed by atoms with Crippen LogP contribution in [0.25, 0.3) is 6.08 Å². The Balaban J connectivity index is 1.57. The molecule has 1 aromatic rings. The van der Waals surface area contributed by atoms with Gasteiger partial charge in [-0.1, -0.05) is 26.2 Å². The summed E-state index contributed by atoms with van der Waals surface area (Å²) >= 11 is 0. The predicted octanol–water partition coefficient (Wildman–Crippen LogP) is 3.12. The van der Waals surface area contributed by atoms with E-state index in [2.05, 4.69) is 21.7 Å². The molecule has 1 amide bonds. The van der Waals surface area contributed by atoms with Crippen LogP contribution in [0, 0.1) is 25.2 Å². The average Bonchev–Trinajstić information content (AvgIpc) is 3.13. The van der Waals surface area contributed by atoms with E-state index in [1.165, 1.54) is 6.42 Å². The van der Waals surface area contributed by atoms with Crippen LogP contribution in [0.4, 0.5) is 0 Å². The SMILES string of the molecule is CCCn1c(C)cc(C=C(C#N)C(=O)OCC(=O)NCC2(N3CCOCC3)CCCCC2)c1C. The second-order valence-electron chi connectivity index (χ2n) is 9.39. The molecule has 34 heavy (non-hydrogen) atoms. The first-order chi connectivity index (χ1) is 16.4. The highest BCUT2D eigenvalue weighted by atomic mass is 16.5. The number of ether oxygens (including phenoxy) is 2. The Kier molecular flexibility index (Phi) is 9.31. The lowest BCUT2D eigenvalue weighted by Crippen LogP contribution is -2.59. The maximum absolute atomic E-state index is 12.5. The number of morpholine rings is 1. The Labute approximate surface area is 202 Å². The lowest BCUT2D eigenvalue weighted by molar-refractivity contribution is -0.144. The molecule has 1 aromatic heterocycles. The highest BCUT2D eigenvalue weighted by molar-refractivity contribution is 5.99. The molecule has 0 bridgehead atoms. The average molecular weight is 471 g/mol. The zero-order chi connectivity index (χ0) is 24.6. The molecule has 0 aromatic carbocycles. The Bertz CT molecular complexity index is 931. The fourth-order valence-corrected chi connectivity index (χ4v) is 5.21. The van der Waals surface area contributed by atoms with Gasteiger partial charge in [-0.25, -0.2) is 4.79 Å². The summed E-state index contributed by atoms with van der Waals surface area (Å²) in [5.74, 6) is -1.12. The maximum Gasteiger partial charge on any atom is 0.349 e. The number of esters is 1. The normalized spacial score (nSPS) is 18.8. The van der Waals surface area contributed by atoms with Crippen LogP contribution >= 0.6 is 0 Å². The Morgan fingerprint density at radius 2 is 1.94 bits per heavy atom. The van der Waals surface area contributed by atoms with Gasteiger partial charge < -0.3 is 19.4 Å². The number of rotatable bonds is 9. The minimum atomic E-state index is -0.779. The highest BCUT2D eigenvalue weighted by Crippen LogP contribution is 2.33. The Morgan fingerprint density at radius 3 is 2.59 bits per heavy atom. The van der Waals surface area contributed by atoms with Gasteiger partial charge in [0.25, 0.3) is 5.91 Å². The molecule has 1 saturated carbocycles. The van der Waals surface area contributed by atoms with Crippen molar-refractivity contribution in [2.24, 2.45) is 0 Å². The number of nitrogens with zero attached hydrogens (tertiary/aromatic N) is 3. The predicted molar refractivity (Wildman–Crippen MR) is 130 cm³/mol. The van der Waals surface area contributed by atoms with E-state index < -0.39 is 12.6 Å².